The lowest BCUT2D eigenvalue weighted by Crippen LogP contribution is -2.23. The SMILES string of the molecule is O=c1c(I)c(Cl)ncn1Cc1ccncc1. The molecule has 82 valence electrons. The van der Waals surface area contributed by atoms with Crippen molar-refractivity contribution in [1.29, 1.82) is 0 Å². The van der Waals surface area contributed by atoms with E-state index in [1.54, 1.807) is 12.4 Å². The highest BCUT2D eigenvalue weighted by molar-refractivity contribution is 14.1. The Labute approximate surface area is 110 Å². The predicted octanol–water partition coefficient (Wildman–Crippen LogP) is 1.94. The van der Waals surface area contributed by atoms with Crippen molar-refractivity contribution < 1.29 is 0 Å². The van der Waals surface area contributed by atoms with Crippen LogP contribution in [0, 0.1) is 3.57 Å². The second kappa shape index (κ2) is 4.92. The van der Waals surface area contributed by atoms with Crippen LogP contribution < -0.4 is 5.56 Å². The summed E-state index contributed by atoms with van der Waals surface area (Å²) in [5, 5.41) is 0.247. The lowest BCUT2D eigenvalue weighted by molar-refractivity contribution is 0.729. The van der Waals surface area contributed by atoms with Crippen molar-refractivity contribution in [2.75, 3.05) is 0 Å². The molecule has 2 rings (SSSR count). The first-order valence-corrected chi connectivity index (χ1v) is 5.93. The molecule has 0 unspecified atom stereocenters. The first-order valence-electron chi connectivity index (χ1n) is 4.48. The summed E-state index contributed by atoms with van der Waals surface area (Å²) in [6.45, 7) is 0.474. The van der Waals surface area contributed by atoms with Crippen LogP contribution in [0.2, 0.25) is 5.15 Å². The van der Waals surface area contributed by atoms with E-state index in [1.807, 2.05) is 34.7 Å². The third-order valence-corrected chi connectivity index (χ3v) is 3.62. The number of aromatic nitrogens is 3. The molecule has 0 spiro atoms. The molecule has 0 saturated heterocycles. The fourth-order valence-corrected chi connectivity index (χ4v) is 1.81. The van der Waals surface area contributed by atoms with Gasteiger partial charge in [-0.05, 0) is 40.3 Å². The van der Waals surface area contributed by atoms with Crippen LogP contribution in [0.25, 0.3) is 0 Å². The second-order valence-electron chi connectivity index (χ2n) is 3.14. The van der Waals surface area contributed by atoms with Gasteiger partial charge in [0.2, 0.25) is 0 Å². The van der Waals surface area contributed by atoms with Gasteiger partial charge in [-0.25, -0.2) is 4.98 Å². The highest BCUT2D eigenvalue weighted by Gasteiger charge is 2.06. The van der Waals surface area contributed by atoms with Crippen LogP contribution in [0.5, 0.6) is 0 Å². The first kappa shape index (κ1) is 11.5. The molecule has 0 bridgehead atoms. The van der Waals surface area contributed by atoms with Gasteiger partial charge in [0.25, 0.3) is 5.56 Å². The predicted molar refractivity (Wildman–Crippen MR) is 69.6 cm³/mol. The first-order chi connectivity index (χ1) is 7.68. The molecule has 0 aliphatic rings. The van der Waals surface area contributed by atoms with Crippen LogP contribution in [-0.2, 0) is 6.54 Å². The molecule has 0 aromatic carbocycles. The summed E-state index contributed by atoms with van der Waals surface area (Å²) in [7, 11) is 0. The van der Waals surface area contributed by atoms with Crippen LogP contribution in [0.15, 0.2) is 35.6 Å². The van der Waals surface area contributed by atoms with Gasteiger partial charge in [0.15, 0.2) is 0 Å². The molecule has 16 heavy (non-hydrogen) atoms. The van der Waals surface area contributed by atoms with Crippen molar-refractivity contribution in [3.05, 3.63) is 55.5 Å². The summed E-state index contributed by atoms with van der Waals surface area (Å²) in [5.74, 6) is 0. The van der Waals surface area contributed by atoms with Crippen LogP contribution in [0.1, 0.15) is 5.56 Å². The highest BCUT2D eigenvalue weighted by Crippen LogP contribution is 2.10. The topological polar surface area (TPSA) is 47.8 Å². The molecule has 0 radical (unpaired) electrons. The van der Waals surface area contributed by atoms with Crippen molar-refractivity contribution >= 4 is 34.2 Å². The van der Waals surface area contributed by atoms with Crippen molar-refractivity contribution in [1.82, 2.24) is 14.5 Å². The fourth-order valence-electron chi connectivity index (χ4n) is 1.24. The maximum Gasteiger partial charge on any atom is 0.268 e. The Balaban J connectivity index is 2.37. The maximum atomic E-state index is 11.8. The van der Waals surface area contributed by atoms with Gasteiger partial charge in [0, 0.05) is 12.4 Å². The number of pyridine rings is 1. The molecule has 0 aliphatic heterocycles. The van der Waals surface area contributed by atoms with Crippen LogP contribution in [0.4, 0.5) is 0 Å². The van der Waals surface area contributed by atoms with E-state index in [-0.39, 0.29) is 10.7 Å². The Morgan fingerprint density at radius 2 is 2.06 bits per heavy atom. The van der Waals surface area contributed by atoms with Gasteiger partial charge in [0.1, 0.15) is 8.72 Å². The molecule has 0 aliphatic carbocycles. The van der Waals surface area contributed by atoms with E-state index in [0.29, 0.717) is 10.1 Å². The summed E-state index contributed by atoms with van der Waals surface area (Å²) in [5.41, 5.74) is 0.870. The summed E-state index contributed by atoms with van der Waals surface area (Å²) >= 11 is 7.64. The Kier molecular flexibility index (Phi) is 3.55. The molecule has 6 heteroatoms. The van der Waals surface area contributed by atoms with Gasteiger partial charge in [-0.15, -0.1) is 0 Å². The lowest BCUT2D eigenvalue weighted by Gasteiger charge is -2.05. The standard InChI is InChI=1S/C10H7ClIN3O/c11-9-8(12)10(16)15(6-14-9)5-7-1-3-13-4-2-7/h1-4,6H,5H2. The molecular weight excluding hydrogens is 340 g/mol. The molecule has 0 atom stereocenters. The van der Waals surface area contributed by atoms with Gasteiger partial charge in [0.05, 0.1) is 12.9 Å². The smallest absolute Gasteiger partial charge is 0.268 e. The summed E-state index contributed by atoms with van der Waals surface area (Å²) < 4.78 is 1.96. The van der Waals surface area contributed by atoms with E-state index in [2.05, 4.69) is 9.97 Å². The Bertz CT molecular complexity index is 556. The maximum absolute atomic E-state index is 11.8. The molecular formula is C10H7ClIN3O. The van der Waals surface area contributed by atoms with E-state index in [0.717, 1.165) is 5.56 Å². The third-order valence-electron chi connectivity index (χ3n) is 2.04. The lowest BCUT2D eigenvalue weighted by atomic mass is 10.3. The van der Waals surface area contributed by atoms with E-state index in [9.17, 15) is 4.79 Å². The molecule has 2 heterocycles. The van der Waals surface area contributed by atoms with Crippen molar-refractivity contribution in [3.63, 3.8) is 0 Å². The zero-order chi connectivity index (χ0) is 11.5. The van der Waals surface area contributed by atoms with E-state index in [4.69, 9.17) is 11.6 Å². The number of hydrogen-bond acceptors (Lipinski definition) is 3. The van der Waals surface area contributed by atoms with Gasteiger partial charge in [-0.1, -0.05) is 11.6 Å². The summed E-state index contributed by atoms with van der Waals surface area (Å²) in [6, 6.07) is 3.71. The van der Waals surface area contributed by atoms with E-state index in [1.165, 1.54) is 10.9 Å². The van der Waals surface area contributed by atoms with E-state index >= 15 is 0 Å². The Morgan fingerprint density at radius 3 is 2.75 bits per heavy atom. The minimum atomic E-state index is -0.127. The van der Waals surface area contributed by atoms with Crippen molar-refractivity contribution in [2.24, 2.45) is 0 Å². The second-order valence-corrected chi connectivity index (χ2v) is 4.57. The average molecular weight is 348 g/mol. The monoisotopic (exact) mass is 347 g/mol. The van der Waals surface area contributed by atoms with Crippen molar-refractivity contribution in [3.8, 4) is 0 Å². The molecule has 2 aromatic rings. The minimum absolute atomic E-state index is 0.127. The van der Waals surface area contributed by atoms with Gasteiger partial charge in [-0.2, -0.15) is 0 Å². The number of nitrogens with zero attached hydrogens (tertiary/aromatic N) is 3. The van der Waals surface area contributed by atoms with Crippen molar-refractivity contribution in [2.45, 2.75) is 6.54 Å². The minimum Gasteiger partial charge on any atom is -0.294 e. The largest absolute Gasteiger partial charge is 0.294 e. The number of hydrogen-bond donors (Lipinski definition) is 0. The van der Waals surface area contributed by atoms with Crippen LogP contribution >= 0.6 is 34.2 Å². The van der Waals surface area contributed by atoms with Gasteiger partial charge < -0.3 is 0 Å². The quantitative estimate of drug-likeness (QED) is 0.616. The molecule has 0 amide bonds. The Morgan fingerprint density at radius 1 is 1.38 bits per heavy atom. The van der Waals surface area contributed by atoms with Crippen LogP contribution in [0.3, 0.4) is 0 Å². The van der Waals surface area contributed by atoms with Gasteiger partial charge >= 0.3 is 0 Å². The molecule has 0 saturated carbocycles. The summed E-state index contributed by atoms with van der Waals surface area (Å²) in [6.07, 6.45) is 4.83. The third kappa shape index (κ3) is 2.41. The molecule has 2 aromatic heterocycles. The van der Waals surface area contributed by atoms with Crippen LogP contribution in [-0.4, -0.2) is 14.5 Å². The highest BCUT2D eigenvalue weighted by atomic mass is 127. The molecule has 4 nitrogen and oxygen atoms in total. The summed E-state index contributed by atoms with van der Waals surface area (Å²) in [4.78, 5) is 19.7. The fraction of sp³-hybridized carbons (Fsp3) is 0.100. The molecule has 0 fully saturated rings. The number of halogens is 2. The zero-order valence-electron chi connectivity index (χ0n) is 8.10. The normalized spacial score (nSPS) is 10.4. The molecule has 0 N–H and O–H groups in total. The Hall–Kier alpha value is -0.950. The number of rotatable bonds is 2. The zero-order valence-corrected chi connectivity index (χ0v) is 11.0. The van der Waals surface area contributed by atoms with E-state index < -0.39 is 0 Å². The average Bonchev–Trinajstić information content (AvgIpc) is 2.31. The van der Waals surface area contributed by atoms with Gasteiger partial charge in [-0.3, -0.25) is 14.3 Å².